The molecule has 4 saturated heterocycles. The third kappa shape index (κ3) is 7.17. The van der Waals surface area contributed by atoms with Gasteiger partial charge in [-0.15, -0.1) is 0 Å². The highest BCUT2D eigenvalue weighted by Crippen LogP contribution is 2.43. The van der Waals surface area contributed by atoms with Crippen LogP contribution < -0.4 is 21.1 Å². The van der Waals surface area contributed by atoms with E-state index in [1.807, 2.05) is 34.1 Å². The van der Waals surface area contributed by atoms with Crippen LogP contribution in [-0.2, 0) is 16.6 Å². The first-order chi connectivity index (χ1) is 24.9. The predicted octanol–water partition coefficient (Wildman–Crippen LogP) is 4.65. The topological polar surface area (TPSA) is 120 Å². The number of likely N-dealkylation sites (N-methyl/N-ethyl adjacent to an activating group) is 1. The summed E-state index contributed by atoms with van der Waals surface area (Å²) in [5.41, 5.74) is 2.21. The van der Waals surface area contributed by atoms with Crippen LogP contribution in [0.1, 0.15) is 78.3 Å². The Labute approximate surface area is 306 Å². The lowest BCUT2D eigenvalue weighted by Crippen LogP contribution is -2.48. The van der Waals surface area contributed by atoms with E-state index in [0.29, 0.717) is 37.4 Å². The van der Waals surface area contributed by atoms with E-state index in [2.05, 4.69) is 27.7 Å². The number of amides is 3. The minimum atomic E-state index is -1.03. The lowest BCUT2D eigenvalue weighted by atomic mass is 9.71. The fraction of sp³-hybridized carbons (Fsp3) is 0.500. The summed E-state index contributed by atoms with van der Waals surface area (Å²) in [7, 11) is 3.63. The number of aryl methyl sites for hydroxylation is 1. The average molecular weight is 736 g/mol. The van der Waals surface area contributed by atoms with E-state index in [-0.39, 0.29) is 58.0 Å². The van der Waals surface area contributed by atoms with Crippen molar-refractivity contribution in [3.63, 3.8) is 0 Å². The van der Waals surface area contributed by atoms with Gasteiger partial charge < -0.3 is 20.0 Å². The molecule has 4 aliphatic rings. The van der Waals surface area contributed by atoms with Gasteiger partial charge in [0.15, 0.2) is 11.6 Å². The first-order valence-corrected chi connectivity index (χ1v) is 18.4. The van der Waals surface area contributed by atoms with Crippen LogP contribution in [0.5, 0.6) is 0 Å². The smallest absolute Gasteiger partial charge is 0.287 e. The Hall–Kier alpha value is -4.36. The van der Waals surface area contributed by atoms with Gasteiger partial charge in [-0.2, -0.15) is 5.10 Å². The summed E-state index contributed by atoms with van der Waals surface area (Å²) in [6, 6.07) is 11.0. The Morgan fingerprint density at radius 2 is 1.63 bits per heavy atom. The van der Waals surface area contributed by atoms with Crippen LogP contribution in [0.15, 0.2) is 47.4 Å². The highest BCUT2D eigenvalue weighted by molar-refractivity contribution is 6.32. The number of halogens is 3. The van der Waals surface area contributed by atoms with Crippen molar-refractivity contribution in [1.29, 1.82) is 0 Å². The van der Waals surface area contributed by atoms with Gasteiger partial charge in [-0.3, -0.25) is 24.5 Å². The Morgan fingerprint density at radius 3 is 2.33 bits per heavy atom. The zero-order chi connectivity index (χ0) is 36.7. The van der Waals surface area contributed by atoms with Gasteiger partial charge in [-0.25, -0.2) is 13.5 Å². The van der Waals surface area contributed by atoms with E-state index < -0.39 is 29.4 Å². The van der Waals surface area contributed by atoms with Crippen LogP contribution >= 0.6 is 11.6 Å². The summed E-state index contributed by atoms with van der Waals surface area (Å²) >= 11 is 6.30. The lowest BCUT2D eigenvalue weighted by molar-refractivity contribution is -0.134. The van der Waals surface area contributed by atoms with Crippen molar-refractivity contribution in [2.24, 2.45) is 12.5 Å². The molecule has 0 saturated carbocycles. The molecule has 1 aromatic heterocycles. The van der Waals surface area contributed by atoms with Crippen LogP contribution in [0, 0.1) is 17.0 Å². The molecule has 2 N–H and O–H groups in total. The van der Waals surface area contributed by atoms with Crippen molar-refractivity contribution in [3.05, 3.63) is 86.3 Å². The van der Waals surface area contributed by atoms with Crippen LogP contribution in [0.3, 0.4) is 0 Å². The normalized spacial score (nSPS) is 23.8. The second kappa shape index (κ2) is 14.6. The first kappa shape index (κ1) is 36.0. The maximum absolute atomic E-state index is 15.3. The van der Waals surface area contributed by atoms with Crippen molar-refractivity contribution in [3.8, 4) is 0 Å². The lowest BCUT2D eigenvalue weighted by Gasteiger charge is -2.47. The van der Waals surface area contributed by atoms with E-state index in [1.54, 1.807) is 19.3 Å². The summed E-state index contributed by atoms with van der Waals surface area (Å²) in [6.45, 7) is 4.10. The molecular formula is C38H44ClF2N7O4. The predicted molar refractivity (Wildman–Crippen MR) is 194 cm³/mol. The van der Waals surface area contributed by atoms with Crippen LogP contribution in [-0.4, -0.2) is 89.7 Å². The van der Waals surface area contributed by atoms with Crippen molar-refractivity contribution in [1.82, 2.24) is 24.9 Å². The third-order valence-electron chi connectivity index (χ3n) is 11.7. The quantitative estimate of drug-likeness (QED) is 0.352. The van der Waals surface area contributed by atoms with Gasteiger partial charge in [0.25, 0.3) is 11.5 Å². The number of nitrogens with zero attached hydrogens (tertiary/aromatic N) is 5. The molecule has 1 spiro atoms. The Kier molecular flexibility index (Phi) is 10.1. The zero-order valence-corrected chi connectivity index (χ0v) is 30.2. The zero-order valence-electron chi connectivity index (χ0n) is 29.5. The number of carbonyl (C=O) groups excluding carboxylic acids is 3. The number of nitrogens with one attached hydrogen (secondary N) is 2. The Bertz CT molecular complexity index is 1920. The average Bonchev–Trinajstić information content (AvgIpc) is 3.14. The van der Waals surface area contributed by atoms with Gasteiger partial charge >= 0.3 is 0 Å². The SMILES string of the molecule is CN1CC(Nc2cnn(C)c(=O)c2Cl)CC(c2ccc(C(=O)N3CCC4(CC3)CCN(c3ccc(C5CCC(=O)NC5=O)c(F)c3F)CC4)cc2)C1. The van der Waals surface area contributed by atoms with Gasteiger partial charge in [0.1, 0.15) is 5.02 Å². The van der Waals surface area contributed by atoms with Crippen molar-refractivity contribution in [2.45, 2.75) is 62.8 Å². The number of hydrogen-bond donors (Lipinski definition) is 2. The maximum atomic E-state index is 15.3. The summed E-state index contributed by atoms with van der Waals surface area (Å²) in [6.07, 6.45) is 6.00. The molecule has 11 nitrogen and oxygen atoms in total. The van der Waals surface area contributed by atoms with Gasteiger partial charge in [-0.1, -0.05) is 29.8 Å². The second-order valence-corrected chi connectivity index (χ2v) is 15.4. The number of hydrogen-bond acceptors (Lipinski definition) is 8. The molecule has 7 rings (SSSR count). The molecule has 14 heteroatoms. The third-order valence-corrected chi connectivity index (χ3v) is 12.0. The molecule has 52 heavy (non-hydrogen) atoms. The number of imide groups is 1. The molecule has 2 aromatic carbocycles. The van der Waals surface area contributed by atoms with E-state index in [1.165, 1.54) is 10.7 Å². The summed E-state index contributed by atoms with van der Waals surface area (Å²) in [5, 5.41) is 9.85. The van der Waals surface area contributed by atoms with Gasteiger partial charge in [0.05, 0.1) is 23.5 Å². The molecule has 4 aliphatic heterocycles. The molecule has 3 aromatic rings. The maximum Gasteiger partial charge on any atom is 0.287 e. The van der Waals surface area contributed by atoms with Crippen LogP contribution in [0.25, 0.3) is 0 Å². The van der Waals surface area contributed by atoms with Crippen molar-refractivity contribution >= 4 is 40.7 Å². The number of likely N-dealkylation sites (tertiary alicyclic amines) is 2. The van der Waals surface area contributed by atoms with E-state index in [0.717, 1.165) is 50.8 Å². The molecule has 3 unspecified atom stereocenters. The highest BCUT2D eigenvalue weighted by atomic mass is 35.5. The number of rotatable bonds is 6. The molecular weight excluding hydrogens is 692 g/mol. The van der Waals surface area contributed by atoms with Gasteiger partial charge in [0.2, 0.25) is 11.8 Å². The van der Waals surface area contributed by atoms with E-state index in [9.17, 15) is 19.2 Å². The summed E-state index contributed by atoms with van der Waals surface area (Å²) in [5.74, 6) is -3.62. The number of piperidine rings is 4. The Balaban J connectivity index is 0.923. The summed E-state index contributed by atoms with van der Waals surface area (Å²) in [4.78, 5) is 55.6. The van der Waals surface area contributed by atoms with Gasteiger partial charge in [0, 0.05) is 69.9 Å². The molecule has 3 atom stereocenters. The molecule has 0 bridgehead atoms. The first-order valence-electron chi connectivity index (χ1n) is 18.0. The fourth-order valence-corrected chi connectivity index (χ4v) is 8.77. The van der Waals surface area contributed by atoms with E-state index in [4.69, 9.17) is 11.6 Å². The molecule has 276 valence electrons. The Morgan fingerprint density at radius 1 is 0.942 bits per heavy atom. The van der Waals surface area contributed by atoms with Gasteiger partial charge in [-0.05, 0) is 80.7 Å². The molecule has 4 fully saturated rings. The molecule has 5 heterocycles. The minimum Gasteiger partial charge on any atom is -0.378 e. The standard InChI is InChI=1S/C38H44ClF2N7O4/c1-45-21-25(19-26(22-45)43-29-20-42-46(2)37(52)32(29)39)23-3-5-24(6-4-23)36(51)48-17-13-38(14-18-48)11-15-47(16-12-38)30-9-7-27(33(40)34(30)41)28-8-10-31(49)44-35(28)50/h3-7,9,20,25-26,28,43H,8,10-19,21-22H2,1-2H3,(H,44,49,50). The molecule has 0 aliphatic carbocycles. The number of anilines is 2. The minimum absolute atomic E-state index is 0.0144. The van der Waals surface area contributed by atoms with Crippen LogP contribution in [0.2, 0.25) is 5.02 Å². The fourth-order valence-electron chi connectivity index (χ4n) is 8.54. The highest BCUT2D eigenvalue weighted by Gasteiger charge is 2.40. The van der Waals surface area contributed by atoms with Crippen molar-refractivity contribution in [2.75, 3.05) is 56.5 Å². The largest absolute Gasteiger partial charge is 0.378 e. The van der Waals surface area contributed by atoms with E-state index >= 15 is 8.78 Å². The van der Waals surface area contributed by atoms with Crippen LogP contribution in [0.4, 0.5) is 20.2 Å². The van der Waals surface area contributed by atoms with Crippen molar-refractivity contribution < 1.29 is 23.2 Å². The molecule has 3 amide bonds. The summed E-state index contributed by atoms with van der Waals surface area (Å²) < 4.78 is 31.8. The second-order valence-electron chi connectivity index (χ2n) is 15.0. The number of benzene rings is 2. The number of carbonyl (C=O) groups is 3. The molecule has 0 radical (unpaired) electrons. The monoisotopic (exact) mass is 735 g/mol. The number of aromatic nitrogens is 2.